The number of aliphatic hydroxyl groups excluding tert-OH is 1. The molecule has 10 nitrogen and oxygen atoms in total. The van der Waals surface area contributed by atoms with Crippen LogP contribution in [0.5, 0.6) is 0 Å². The number of amides is 3. The van der Waals surface area contributed by atoms with E-state index in [1.807, 2.05) is 0 Å². The van der Waals surface area contributed by atoms with Crippen LogP contribution < -0.4 is 21.3 Å². The quantitative estimate of drug-likeness (QED) is 0.200. The first kappa shape index (κ1) is 24.6. The van der Waals surface area contributed by atoms with Gasteiger partial charge in [0.15, 0.2) is 0 Å². The molecule has 1 aliphatic heterocycles. The van der Waals surface area contributed by atoms with E-state index in [9.17, 15) is 24.3 Å². The maximum absolute atomic E-state index is 12.7. The van der Waals surface area contributed by atoms with E-state index in [4.69, 9.17) is 5.11 Å². The van der Waals surface area contributed by atoms with Crippen molar-refractivity contribution in [1.29, 1.82) is 0 Å². The number of hydrogen-bond acceptors (Lipinski definition) is 7. The molecule has 0 spiro atoms. The fraction of sp³-hybridized carbons (Fsp3) is 0.500. The molecule has 1 aromatic rings. The molecule has 0 saturated carbocycles. The lowest BCUT2D eigenvalue weighted by Crippen LogP contribution is -2.58. The predicted octanol–water partition coefficient (Wildman–Crippen LogP) is -1.56. The third-order valence-corrected chi connectivity index (χ3v) is 5.27. The Morgan fingerprint density at radius 1 is 1.03 bits per heavy atom. The summed E-state index contributed by atoms with van der Waals surface area (Å²) in [5, 5.41) is 29.1. The van der Waals surface area contributed by atoms with Crippen LogP contribution in [0.25, 0.3) is 0 Å². The van der Waals surface area contributed by atoms with Crippen molar-refractivity contribution in [2.45, 2.75) is 43.4 Å². The van der Waals surface area contributed by atoms with Gasteiger partial charge in [-0.1, -0.05) is 30.3 Å². The third kappa shape index (κ3) is 7.53. The van der Waals surface area contributed by atoms with Gasteiger partial charge in [0.05, 0.1) is 12.6 Å². The molecule has 1 aliphatic rings. The van der Waals surface area contributed by atoms with Crippen molar-refractivity contribution in [1.82, 2.24) is 21.3 Å². The summed E-state index contributed by atoms with van der Waals surface area (Å²) in [6.45, 7) is 0.0433. The molecule has 1 saturated heterocycles. The van der Waals surface area contributed by atoms with Gasteiger partial charge in [-0.15, -0.1) is 0 Å². The van der Waals surface area contributed by atoms with Gasteiger partial charge in [-0.05, 0) is 24.9 Å². The van der Waals surface area contributed by atoms with E-state index in [0.717, 1.165) is 12.0 Å². The van der Waals surface area contributed by atoms with E-state index in [0.29, 0.717) is 13.0 Å². The first-order chi connectivity index (χ1) is 14.8. The van der Waals surface area contributed by atoms with Gasteiger partial charge in [0.25, 0.3) is 0 Å². The highest BCUT2D eigenvalue weighted by molar-refractivity contribution is 7.80. The number of nitrogens with one attached hydrogen (secondary N) is 4. The Hall–Kier alpha value is -2.63. The number of aliphatic carboxylic acids is 1. The standard InChI is InChI=1S/C20H28N4O6S/c25-10-15(23-17(26)13-7-4-8-21-13)19(28)22-14(9-12-5-2-1-3-6-12)18(27)24-16(11-31)20(29)30/h1-3,5-6,13-16,21,25,31H,4,7-11H2,(H,22,28)(H,23,26)(H,24,27)(H,29,30). The van der Waals surface area contributed by atoms with Crippen LogP contribution in [0.3, 0.4) is 0 Å². The van der Waals surface area contributed by atoms with Gasteiger partial charge < -0.3 is 31.5 Å². The molecule has 0 radical (unpaired) electrons. The van der Waals surface area contributed by atoms with E-state index in [1.165, 1.54) is 0 Å². The van der Waals surface area contributed by atoms with Crippen molar-refractivity contribution in [2.24, 2.45) is 0 Å². The number of benzene rings is 1. The minimum absolute atomic E-state index is 0.0909. The molecule has 11 heteroatoms. The van der Waals surface area contributed by atoms with Crippen LogP contribution >= 0.6 is 12.6 Å². The lowest BCUT2D eigenvalue weighted by atomic mass is 10.0. The Morgan fingerprint density at radius 3 is 2.23 bits per heavy atom. The zero-order valence-corrected chi connectivity index (χ0v) is 17.8. The van der Waals surface area contributed by atoms with E-state index in [1.54, 1.807) is 30.3 Å². The van der Waals surface area contributed by atoms with Gasteiger partial charge in [-0.3, -0.25) is 14.4 Å². The third-order valence-electron chi connectivity index (χ3n) is 4.91. The normalized spacial score (nSPS) is 18.5. The van der Waals surface area contributed by atoms with E-state index in [2.05, 4.69) is 33.9 Å². The molecule has 3 amide bonds. The number of thiol groups is 1. The number of carboxylic acid groups (broad SMARTS) is 1. The average molecular weight is 453 g/mol. The molecule has 0 aliphatic carbocycles. The number of carbonyl (C=O) groups excluding carboxylic acids is 3. The zero-order chi connectivity index (χ0) is 22.8. The van der Waals surface area contributed by atoms with Crippen molar-refractivity contribution >= 4 is 36.3 Å². The monoisotopic (exact) mass is 452 g/mol. The molecule has 170 valence electrons. The number of rotatable bonds is 11. The van der Waals surface area contributed by atoms with Crippen LogP contribution in [-0.2, 0) is 25.6 Å². The summed E-state index contributed by atoms with van der Waals surface area (Å²) in [5.74, 6) is -3.24. The summed E-state index contributed by atoms with van der Waals surface area (Å²) in [6, 6.07) is 4.83. The molecule has 1 aromatic carbocycles. The van der Waals surface area contributed by atoms with Crippen molar-refractivity contribution in [3.05, 3.63) is 35.9 Å². The van der Waals surface area contributed by atoms with Crippen molar-refractivity contribution in [3.63, 3.8) is 0 Å². The fourth-order valence-electron chi connectivity index (χ4n) is 3.16. The average Bonchev–Trinajstić information content (AvgIpc) is 3.30. The van der Waals surface area contributed by atoms with Crippen LogP contribution in [0.15, 0.2) is 30.3 Å². The van der Waals surface area contributed by atoms with Crippen molar-refractivity contribution in [2.75, 3.05) is 18.9 Å². The van der Waals surface area contributed by atoms with Crippen LogP contribution in [0, 0.1) is 0 Å². The molecule has 6 N–H and O–H groups in total. The second-order valence-electron chi connectivity index (χ2n) is 7.23. The minimum atomic E-state index is -1.25. The van der Waals surface area contributed by atoms with Gasteiger partial charge in [0, 0.05) is 12.2 Å². The summed E-state index contributed by atoms with van der Waals surface area (Å²) in [5.41, 5.74) is 0.737. The van der Waals surface area contributed by atoms with Crippen LogP contribution in [-0.4, -0.2) is 77.0 Å². The number of aliphatic hydroxyl groups is 1. The number of carbonyl (C=O) groups is 4. The molecule has 2 rings (SSSR count). The highest BCUT2D eigenvalue weighted by atomic mass is 32.1. The summed E-state index contributed by atoms with van der Waals surface area (Å²) < 4.78 is 0. The molecular weight excluding hydrogens is 424 g/mol. The maximum Gasteiger partial charge on any atom is 0.327 e. The molecule has 0 aromatic heterocycles. The van der Waals surface area contributed by atoms with Crippen molar-refractivity contribution < 1.29 is 29.4 Å². The smallest absolute Gasteiger partial charge is 0.327 e. The van der Waals surface area contributed by atoms with Crippen molar-refractivity contribution in [3.8, 4) is 0 Å². The Bertz CT molecular complexity index is 772. The van der Waals surface area contributed by atoms with Crippen LogP contribution in [0.1, 0.15) is 18.4 Å². The second-order valence-corrected chi connectivity index (χ2v) is 7.59. The Balaban J connectivity index is 2.09. The summed E-state index contributed by atoms with van der Waals surface area (Å²) in [4.78, 5) is 48.9. The molecular formula is C20H28N4O6S. The summed E-state index contributed by atoms with van der Waals surface area (Å²) in [6.07, 6.45) is 1.56. The number of hydrogen-bond donors (Lipinski definition) is 7. The van der Waals surface area contributed by atoms with Gasteiger partial charge in [-0.25, -0.2) is 4.79 Å². The molecule has 1 fully saturated rings. The van der Waals surface area contributed by atoms with Crippen LogP contribution in [0.4, 0.5) is 0 Å². The SMILES string of the molecule is O=C(O)C(CS)NC(=O)C(Cc1ccccc1)NC(=O)C(CO)NC(=O)C1CCCN1. The molecule has 4 unspecified atom stereocenters. The summed E-state index contributed by atoms with van der Waals surface area (Å²) >= 11 is 3.93. The highest BCUT2D eigenvalue weighted by Crippen LogP contribution is 2.07. The summed E-state index contributed by atoms with van der Waals surface area (Å²) in [7, 11) is 0. The molecule has 4 atom stereocenters. The van der Waals surface area contributed by atoms with Gasteiger partial charge in [0.2, 0.25) is 17.7 Å². The second kappa shape index (κ2) is 12.3. The topological polar surface area (TPSA) is 157 Å². The largest absolute Gasteiger partial charge is 0.480 e. The van der Waals surface area contributed by atoms with Crippen LogP contribution in [0.2, 0.25) is 0 Å². The number of carboxylic acids is 1. The fourth-order valence-corrected chi connectivity index (χ4v) is 3.41. The molecule has 31 heavy (non-hydrogen) atoms. The first-order valence-corrected chi connectivity index (χ1v) is 10.6. The lowest BCUT2D eigenvalue weighted by molar-refractivity contribution is -0.141. The molecule has 1 heterocycles. The Morgan fingerprint density at radius 2 is 1.68 bits per heavy atom. The van der Waals surface area contributed by atoms with Gasteiger partial charge in [0.1, 0.15) is 18.1 Å². The van der Waals surface area contributed by atoms with E-state index < -0.39 is 54.5 Å². The minimum Gasteiger partial charge on any atom is -0.480 e. The Labute approximate surface area is 185 Å². The maximum atomic E-state index is 12.7. The highest BCUT2D eigenvalue weighted by Gasteiger charge is 2.31. The van der Waals surface area contributed by atoms with Gasteiger partial charge in [-0.2, -0.15) is 12.6 Å². The Kier molecular flexibility index (Phi) is 9.76. The molecule has 0 bridgehead atoms. The first-order valence-electron chi connectivity index (χ1n) is 9.98. The van der Waals surface area contributed by atoms with E-state index in [-0.39, 0.29) is 12.2 Å². The zero-order valence-electron chi connectivity index (χ0n) is 16.9. The van der Waals surface area contributed by atoms with Gasteiger partial charge >= 0.3 is 5.97 Å². The predicted molar refractivity (Wildman–Crippen MR) is 116 cm³/mol. The lowest BCUT2D eigenvalue weighted by Gasteiger charge is -2.24. The van der Waals surface area contributed by atoms with E-state index >= 15 is 0 Å².